The Kier molecular flexibility index (Phi) is 3.58. The number of rotatable bonds is 3. The van der Waals surface area contributed by atoms with Gasteiger partial charge in [-0.1, -0.05) is 11.8 Å². The van der Waals surface area contributed by atoms with E-state index in [9.17, 15) is 0 Å². The zero-order valence-electron chi connectivity index (χ0n) is 11.5. The number of hydrogen-bond acceptors (Lipinski definition) is 5. The van der Waals surface area contributed by atoms with Gasteiger partial charge in [-0.15, -0.1) is 0 Å². The summed E-state index contributed by atoms with van der Waals surface area (Å²) in [6.07, 6.45) is 3.81. The molecule has 0 radical (unpaired) electrons. The highest BCUT2D eigenvalue weighted by molar-refractivity contribution is 8.16. The van der Waals surface area contributed by atoms with Gasteiger partial charge >= 0.3 is 0 Å². The Balaban J connectivity index is 1.49. The number of thiophene rings is 1. The molecule has 3 nitrogen and oxygen atoms in total. The molecular weight excluding hydrogens is 286 g/mol. The fourth-order valence-electron chi connectivity index (χ4n) is 3.32. The second-order valence-corrected chi connectivity index (χ2v) is 7.20. The van der Waals surface area contributed by atoms with Crippen LogP contribution in [0.5, 0.6) is 0 Å². The van der Waals surface area contributed by atoms with Crippen LogP contribution in [0.4, 0.5) is 0 Å². The Morgan fingerprint density at radius 1 is 1.30 bits per heavy atom. The minimum absolute atomic E-state index is 0.623. The highest BCUT2D eigenvalue weighted by Gasteiger charge is 2.31. The summed E-state index contributed by atoms with van der Waals surface area (Å²) in [5, 5.41) is 8.05. The molecule has 0 spiro atoms. The zero-order valence-corrected chi connectivity index (χ0v) is 13.1. The molecule has 0 amide bonds. The molecule has 106 valence electrons. The second kappa shape index (κ2) is 5.54. The quantitative estimate of drug-likeness (QED) is 0.851. The van der Waals surface area contributed by atoms with Gasteiger partial charge in [-0.25, -0.2) is 0 Å². The molecule has 3 aliphatic rings. The first kappa shape index (κ1) is 12.9. The van der Waals surface area contributed by atoms with Crippen LogP contribution in [0.2, 0.25) is 0 Å². The van der Waals surface area contributed by atoms with Crippen LogP contribution in [0, 0.1) is 0 Å². The Hall–Kier alpha value is -0.780. The van der Waals surface area contributed by atoms with E-state index in [4.69, 9.17) is 0 Å². The molecular formula is C15H19N3S2. The van der Waals surface area contributed by atoms with E-state index in [-0.39, 0.29) is 0 Å². The lowest BCUT2D eigenvalue weighted by Gasteiger charge is -2.30. The summed E-state index contributed by atoms with van der Waals surface area (Å²) >= 11 is 3.62. The highest BCUT2D eigenvalue weighted by Crippen LogP contribution is 2.36. The molecule has 0 unspecified atom stereocenters. The number of thioether (sulfide) groups is 1. The molecule has 1 atom stereocenters. The lowest BCUT2D eigenvalue weighted by Crippen LogP contribution is -2.35. The van der Waals surface area contributed by atoms with Crippen LogP contribution in [-0.4, -0.2) is 41.1 Å². The van der Waals surface area contributed by atoms with E-state index in [0.29, 0.717) is 6.04 Å². The van der Waals surface area contributed by atoms with Gasteiger partial charge in [-0.3, -0.25) is 9.89 Å². The summed E-state index contributed by atoms with van der Waals surface area (Å²) in [4.78, 5) is 9.69. The molecule has 20 heavy (non-hydrogen) atoms. The maximum absolute atomic E-state index is 4.62. The zero-order chi connectivity index (χ0) is 13.4. The third-order valence-electron chi connectivity index (χ3n) is 4.32. The van der Waals surface area contributed by atoms with Gasteiger partial charge in [-0.05, 0) is 53.6 Å². The molecule has 0 aromatic carbocycles. The lowest BCUT2D eigenvalue weighted by molar-refractivity contribution is 0.261. The van der Waals surface area contributed by atoms with Crippen LogP contribution in [0.25, 0.3) is 0 Å². The number of aliphatic imine (C=N–C) groups is 1. The molecule has 1 aromatic rings. The van der Waals surface area contributed by atoms with Crippen molar-refractivity contribution < 1.29 is 0 Å². The van der Waals surface area contributed by atoms with E-state index in [2.05, 4.69) is 37.0 Å². The fraction of sp³-hybridized carbons (Fsp3) is 0.533. The molecule has 5 heteroatoms. The van der Waals surface area contributed by atoms with Crippen molar-refractivity contribution in [1.29, 1.82) is 0 Å². The topological polar surface area (TPSA) is 18.8 Å². The summed E-state index contributed by atoms with van der Waals surface area (Å²) in [5.41, 5.74) is 2.96. The van der Waals surface area contributed by atoms with Gasteiger partial charge in [-0.2, -0.15) is 11.3 Å². The van der Waals surface area contributed by atoms with Crippen molar-refractivity contribution in [3.05, 3.63) is 33.5 Å². The minimum atomic E-state index is 0.623. The summed E-state index contributed by atoms with van der Waals surface area (Å²) in [7, 11) is 0. The van der Waals surface area contributed by atoms with Gasteiger partial charge in [0.1, 0.15) is 0 Å². The summed E-state index contributed by atoms with van der Waals surface area (Å²) in [6.45, 7) is 4.45. The number of amidine groups is 1. The molecule has 0 N–H and O–H groups in total. The number of hydrogen-bond donors (Lipinski definition) is 0. The van der Waals surface area contributed by atoms with E-state index in [1.165, 1.54) is 42.2 Å². The third-order valence-corrected chi connectivity index (χ3v) is 5.97. The smallest absolute Gasteiger partial charge is 0.167 e. The van der Waals surface area contributed by atoms with Crippen molar-refractivity contribution in [3.8, 4) is 0 Å². The van der Waals surface area contributed by atoms with Gasteiger partial charge in [0.15, 0.2) is 5.17 Å². The van der Waals surface area contributed by atoms with E-state index in [1.807, 2.05) is 11.3 Å². The molecule has 1 fully saturated rings. The Labute approximate surface area is 128 Å². The van der Waals surface area contributed by atoms with Crippen LogP contribution in [0.3, 0.4) is 0 Å². The Bertz CT molecular complexity index is 535. The lowest BCUT2D eigenvalue weighted by atomic mass is 10.1. The number of likely N-dealkylation sites (tertiary alicyclic amines) is 1. The molecule has 4 rings (SSSR count). The van der Waals surface area contributed by atoms with E-state index >= 15 is 0 Å². The van der Waals surface area contributed by atoms with Gasteiger partial charge in [0.2, 0.25) is 0 Å². The average molecular weight is 305 g/mol. The van der Waals surface area contributed by atoms with Crippen molar-refractivity contribution in [2.75, 3.05) is 26.2 Å². The highest BCUT2D eigenvalue weighted by atomic mass is 32.2. The SMILES string of the molecule is C1=C(CN2CCC[C@@H]2c2ccsc2)N2CCCN=C2S1. The van der Waals surface area contributed by atoms with Crippen molar-refractivity contribution in [1.82, 2.24) is 9.80 Å². The predicted octanol–water partition coefficient (Wildman–Crippen LogP) is 3.53. The van der Waals surface area contributed by atoms with E-state index < -0.39 is 0 Å². The largest absolute Gasteiger partial charge is 0.323 e. The maximum atomic E-state index is 4.62. The molecule has 4 heterocycles. The van der Waals surface area contributed by atoms with Gasteiger partial charge in [0.05, 0.1) is 0 Å². The monoisotopic (exact) mass is 305 g/mol. The summed E-state index contributed by atoms with van der Waals surface area (Å²) < 4.78 is 0. The van der Waals surface area contributed by atoms with Crippen LogP contribution >= 0.6 is 23.1 Å². The third kappa shape index (κ3) is 2.32. The standard InChI is InChI=1S/C15H19N3S2/c1-3-14(12-4-8-19-10-12)17(6-1)9-13-11-20-15-16-5-2-7-18(13)15/h4,8,10-11,14H,1-3,5-7,9H2/t14-/m1/s1. The predicted molar refractivity (Wildman–Crippen MR) is 87.2 cm³/mol. The van der Waals surface area contributed by atoms with E-state index in [0.717, 1.165) is 19.6 Å². The first-order chi connectivity index (χ1) is 9.92. The number of fused-ring (bicyclic) bond motifs is 1. The molecule has 1 aromatic heterocycles. The van der Waals surface area contributed by atoms with Crippen LogP contribution in [-0.2, 0) is 0 Å². The molecule has 0 bridgehead atoms. The number of nitrogens with zero attached hydrogens (tertiary/aromatic N) is 3. The minimum Gasteiger partial charge on any atom is -0.323 e. The maximum Gasteiger partial charge on any atom is 0.167 e. The van der Waals surface area contributed by atoms with Crippen molar-refractivity contribution >= 4 is 28.3 Å². The van der Waals surface area contributed by atoms with Crippen molar-refractivity contribution in [3.63, 3.8) is 0 Å². The summed E-state index contributed by atoms with van der Waals surface area (Å²) in [6, 6.07) is 2.91. The van der Waals surface area contributed by atoms with Gasteiger partial charge < -0.3 is 4.90 Å². The van der Waals surface area contributed by atoms with Crippen molar-refractivity contribution in [2.45, 2.75) is 25.3 Å². The van der Waals surface area contributed by atoms with Crippen LogP contribution in [0.15, 0.2) is 32.9 Å². The average Bonchev–Trinajstić information content (AvgIpc) is 3.19. The molecule has 3 aliphatic heterocycles. The Morgan fingerprint density at radius 3 is 3.20 bits per heavy atom. The fourth-order valence-corrected chi connectivity index (χ4v) is 4.98. The molecule has 0 aliphatic carbocycles. The first-order valence-electron chi connectivity index (χ1n) is 7.35. The second-order valence-electron chi connectivity index (χ2n) is 5.58. The van der Waals surface area contributed by atoms with Crippen LogP contribution in [0.1, 0.15) is 30.9 Å². The molecule has 0 saturated carbocycles. The van der Waals surface area contributed by atoms with Gasteiger partial charge in [0.25, 0.3) is 0 Å². The molecule has 1 saturated heterocycles. The van der Waals surface area contributed by atoms with Gasteiger partial charge in [0, 0.05) is 31.4 Å². The Morgan fingerprint density at radius 2 is 2.30 bits per heavy atom. The first-order valence-corrected chi connectivity index (χ1v) is 9.18. The van der Waals surface area contributed by atoms with E-state index in [1.54, 1.807) is 11.8 Å². The normalized spacial score (nSPS) is 26.6. The van der Waals surface area contributed by atoms with Crippen LogP contribution < -0.4 is 0 Å². The van der Waals surface area contributed by atoms with Crippen molar-refractivity contribution in [2.24, 2.45) is 4.99 Å². The summed E-state index contributed by atoms with van der Waals surface area (Å²) in [5.74, 6) is 0.